The lowest BCUT2D eigenvalue weighted by Crippen LogP contribution is -2.45. The first-order valence-corrected chi connectivity index (χ1v) is 11.9. The average molecular weight is 494 g/mol. The van der Waals surface area contributed by atoms with Gasteiger partial charge in [0.15, 0.2) is 0 Å². The van der Waals surface area contributed by atoms with Crippen LogP contribution in [0.15, 0.2) is 60.8 Å². The molecule has 10 nitrogen and oxygen atoms in total. The molecule has 5 N–H and O–H groups in total. The first-order chi connectivity index (χ1) is 17.4. The standard InChI is InChI=1S/C26H31N5O5/c32-20(14-19-15-28-21-10-4-5-11-22(21)30-19)16-27-13-7-6-12-23(26(35)36)31-24(33)17-29-25(34)18-8-2-1-3-9-18/h1-5,8-11,15,20,23,27,32H,6-7,12-14,16-17H2,(H,29,34)(H,31,33)(H,35,36). The predicted molar refractivity (Wildman–Crippen MR) is 134 cm³/mol. The number of rotatable bonds is 14. The average Bonchev–Trinajstić information content (AvgIpc) is 2.88. The summed E-state index contributed by atoms with van der Waals surface area (Å²) < 4.78 is 0. The van der Waals surface area contributed by atoms with Gasteiger partial charge in [-0.05, 0) is 50.1 Å². The van der Waals surface area contributed by atoms with Crippen molar-refractivity contribution in [2.75, 3.05) is 19.6 Å². The summed E-state index contributed by atoms with van der Waals surface area (Å²) >= 11 is 0. The Morgan fingerprint density at radius 1 is 0.944 bits per heavy atom. The Morgan fingerprint density at radius 2 is 1.67 bits per heavy atom. The Kier molecular flexibility index (Phi) is 10.3. The minimum Gasteiger partial charge on any atom is -0.480 e. The molecule has 36 heavy (non-hydrogen) atoms. The molecule has 0 spiro atoms. The van der Waals surface area contributed by atoms with Crippen molar-refractivity contribution in [3.05, 3.63) is 72.1 Å². The van der Waals surface area contributed by atoms with Gasteiger partial charge in [0.2, 0.25) is 5.91 Å². The normalized spacial score (nSPS) is 12.6. The molecule has 0 aliphatic rings. The van der Waals surface area contributed by atoms with Crippen LogP contribution in [0.4, 0.5) is 0 Å². The number of unbranched alkanes of at least 4 members (excludes halogenated alkanes) is 1. The number of amides is 2. The Balaban J connectivity index is 1.30. The molecule has 0 saturated carbocycles. The van der Waals surface area contributed by atoms with Gasteiger partial charge in [-0.3, -0.25) is 14.6 Å². The van der Waals surface area contributed by atoms with Crippen molar-refractivity contribution in [1.29, 1.82) is 0 Å². The Hall–Kier alpha value is -3.89. The van der Waals surface area contributed by atoms with Crippen molar-refractivity contribution in [3.8, 4) is 0 Å². The van der Waals surface area contributed by atoms with E-state index < -0.39 is 29.9 Å². The van der Waals surface area contributed by atoms with Gasteiger partial charge in [0, 0.05) is 24.7 Å². The van der Waals surface area contributed by atoms with Crippen molar-refractivity contribution in [2.45, 2.75) is 37.8 Å². The minimum atomic E-state index is -1.13. The SMILES string of the molecule is O=C(CNC(=O)c1ccccc1)NC(CCCCNCC(O)Cc1cnc2ccccc2n1)C(=O)O. The van der Waals surface area contributed by atoms with E-state index in [-0.39, 0.29) is 13.0 Å². The molecule has 10 heteroatoms. The largest absolute Gasteiger partial charge is 0.480 e. The van der Waals surface area contributed by atoms with Gasteiger partial charge in [0.25, 0.3) is 5.91 Å². The lowest BCUT2D eigenvalue weighted by Gasteiger charge is -2.15. The Bertz CT molecular complexity index is 1160. The molecule has 1 aromatic heterocycles. The molecule has 2 amide bonds. The van der Waals surface area contributed by atoms with Gasteiger partial charge in [-0.25, -0.2) is 9.78 Å². The maximum Gasteiger partial charge on any atom is 0.326 e. The van der Waals surface area contributed by atoms with E-state index in [1.165, 1.54) is 0 Å². The van der Waals surface area contributed by atoms with E-state index in [1.807, 2.05) is 24.3 Å². The van der Waals surface area contributed by atoms with E-state index in [4.69, 9.17) is 0 Å². The number of nitrogens with one attached hydrogen (secondary N) is 3. The molecule has 0 aliphatic heterocycles. The van der Waals surface area contributed by atoms with Crippen molar-refractivity contribution < 1.29 is 24.6 Å². The molecule has 2 atom stereocenters. The summed E-state index contributed by atoms with van der Waals surface area (Å²) in [6.07, 6.45) is 2.90. The summed E-state index contributed by atoms with van der Waals surface area (Å²) in [6.45, 7) is 0.654. The maximum absolute atomic E-state index is 12.1. The summed E-state index contributed by atoms with van der Waals surface area (Å²) in [5, 5.41) is 27.7. The van der Waals surface area contributed by atoms with Crippen LogP contribution in [0.3, 0.4) is 0 Å². The zero-order valence-electron chi connectivity index (χ0n) is 19.9. The minimum absolute atomic E-state index is 0.255. The molecule has 0 fully saturated rings. The van der Waals surface area contributed by atoms with Gasteiger partial charge in [0.1, 0.15) is 6.04 Å². The van der Waals surface area contributed by atoms with E-state index in [9.17, 15) is 24.6 Å². The predicted octanol–water partition coefficient (Wildman–Crippen LogP) is 1.29. The topological polar surface area (TPSA) is 154 Å². The zero-order valence-corrected chi connectivity index (χ0v) is 19.9. The molecule has 0 radical (unpaired) electrons. The lowest BCUT2D eigenvalue weighted by atomic mass is 10.1. The van der Waals surface area contributed by atoms with Crippen molar-refractivity contribution >= 4 is 28.8 Å². The van der Waals surface area contributed by atoms with Gasteiger partial charge >= 0.3 is 5.97 Å². The summed E-state index contributed by atoms with van der Waals surface area (Å²) in [6, 6.07) is 15.0. The van der Waals surface area contributed by atoms with Gasteiger partial charge in [-0.15, -0.1) is 0 Å². The summed E-state index contributed by atoms with van der Waals surface area (Å²) in [5.74, 6) is -2.10. The number of nitrogens with zero attached hydrogens (tertiary/aromatic N) is 2. The number of aliphatic hydroxyl groups excluding tert-OH is 1. The fourth-order valence-electron chi connectivity index (χ4n) is 3.63. The summed E-state index contributed by atoms with van der Waals surface area (Å²) in [5.41, 5.74) is 2.72. The highest BCUT2D eigenvalue weighted by Crippen LogP contribution is 2.09. The summed E-state index contributed by atoms with van der Waals surface area (Å²) in [7, 11) is 0. The third-order valence-corrected chi connectivity index (χ3v) is 5.50. The summed E-state index contributed by atoms with van der Waals surface area (Å²) in [4.78, 5) is 44.4. The number of hydrogen-bond donors (Lipinski definition) is 5. The number of aromatic nitrogens is 2. The molecule has 0 bridgehead atoms. The van der Waals surface area contributed by atoms with E-state index in [0.717, 1.165) is 11.0 Å². The fraction of sp³-hybridized carbons (Fsp3) is 0.346. The van der Waals surface area contributed by atoms with Crippen LogP contribution >= 0.6 is 0 Å². The molecular weight excluding hydrogens is 462 g/mol. The maximum atomic E-state index is 12.1. The first-order valence-electron chi connectivity index (χ1n) is 11.9. The third kappa shape index (κ3) is 8.71. The monoisotopic (exact) mass is 493 g/mol. The van der Waals surface area contributed by atoms with E-state index in [2.05, 4.69) is 25.9 Å². The molecule has 190 valence electrons. The van der Waals surface area contributed by atoms with Crippen LogP contribution in [0.25, 0.3) is 11.0 Å². The van der Waals surface area contributed by atoms with Crippen LogP contribution in [-0.4, -0.2) is 69.7 Å². The van der Waals surface area contributed by atoms with Crippen LogP contribution in [0.1, 0.15) is 35.3 Å². The molecule has 0 saturated heterocycles. The molecule has 2 aromatic carbocycles. The Labute approximate surface area is 209 Å². The van der Waals surface area contributed by atoms with Gasteiger partial charge in [-0.1, -0.05) is 30.3 Å². The number of carboxylic acid groups (broad SMARTS) is 1. The number of fused-ring (bicyclic) bond motifs is 1. The van der Waals surface area contributed by atoms with E-state index in [1.54, 1.807) is 36.5 Å². The van der Waals surface area contributed by atoms with Gasteiger partial charge in [-0.2, -0.15) is 0 Å². The number of carbonyl (C=O) groups excluding carboxylic acids is 2. The number of hydrogen-bond acceptors (Lipinski definition) is 7. The van der Waals surface area contributed by atoms with Crippen LogP contribution in [0.2, 0.25) is 0 Å². The zero-order chi connectivity index (χ0) is 25.8. The second-order valence-corrected chi connectivity index (χ2v) is 8.41. The highest BCUT2D eigenvalue weighted by molar-refractivity contribution is 5.96. The smallest absolute Gasteiger partial charge is 0.326 e. The van der Waals surface area contributed by atoms with Crippen LogP contribution in [-0.2, 0) is 16.0 Å². The van der Waals surface area contributed by atoms with Gasteiger partial charge < -0.3 is 26.2 Å². The number of aliphatic carboxylic acids is 1. The molecule has 1 heterocycles. The van der Waals surface area contributed by atoms with E-state index in [0.29, 0.717) is 43.6 Å². The molecule has 2 unspecified atom stereocenters. The second kappa shape index (κ2) is 13.9. The van der Waals surface area contributed by atoms with Crippen LogP contribution in [0.5, 0.6) is 0 Å². The molecule has 0 aliphatic carbocycles. The third-order valence-electron chi connectivity index (χ3n) is 5.50. The van der Waals surface area contributed by atoms with Crippen LogP contribution < -0.4 is 16.0 Å². The second-order valence-electron chi connectivity index (χ2n) is 8.41. The first kappa shape index (κ1) is 26.7. The van der Waals surface area contributed by atoms with Crippen molar-refractivity contribution in [2.24, 2.45) is 0 Å². The van der Waals surface area contributed by atoms with Crippen molar-refractivity contribution in [3.63, 3.8) is 0 Å². The highest BCUT2D eigenvalue weighted by Gasteiger charge is 2.19. The quantitative estimate of drug-likeness (QED) is 0.211. The number of para-hydroxylation sites is 2. The van der Waals surface area contributed by atoms with Crippen LogP contribution in [0, 0.1) is 0 Å². The number of carboxylic acids is 1. The van der Waals surface area contributed by atoms with Crippen molar-refractivity contribution in [1.82, 2.24) is 25.9 Å². The van der Waals surface area contributed by atoms with E-state index >= 15 is 0 Å². The number of aliphatic hydroxyl groups is 1. The molecule has 3 rings (SSSR count). The molecular formula is C26H31N5O5. The van der Waals surface area contributed by atoms with Gasteiger partial charge in [0.05, 0.1) is 29.4 Å². The fourth-order valence-corrected chi connectivity index (χ4v) is 3.63. The lowest BCUT2D eigenvalue weighted by molar-refractivity contribution is -0.141. The molecule has 3 aromatic rings. The number of benzene rings is 2. The highest BCUT2D eigenvalue weighted by atomic mass is 16.4. The Morgan fingerprint density at radius 3 is 2.42 bits per heavy atom. The number of carbonyl (C=O) groups is 3.